The van der Waals surface area contributed by atoms with Gasteiger partial charge < -0.3 is 24.5 Å². The molecule has 3 aromatic carbocycles. The van der Waals surface area contributed by atoms with Gasteiger partial charge in [0.15, 0.2) is 0 Å². The van der Waals surface area contributed by atoms with Crippen molar-refractivity contribution in [1.82, 2.24) is 4.90 Å². The van der Waals surface area contributed by atoms with Crippen molar-refractivity contribution in [1.29, 1.82) is 0 Å². The number of nitrogens with zero attached hydrogens (tertiary/aromatic N) is 3. The molecule has 1 unspecified atom stereocenters. The van der Waals surface area contributed by atoms with Crippen LogP contribution in [0.2, 0.25) is 0 Å². The van der Waals surface area contributed by atoms with E-state index in [4.69, 9.17) is 4.74 Å². The third-order valence-electron chi connectivity index (χ3n) is 7.01. The number of benzene rings is 3. The summed E-state index contributed by atoms with van der Waals surface area (Å²) in [6.45, 7) is 7.52. The summed E-state index contributed by atoms with van der Waals surface area (Å²) in [6, 6.07) is 26.8. The van der Waals surface area contributed by atoms with E-state index in [2.05, 4.69) is 70.3 Å². The number of aliphatic hydroxyl groups is 1. The van der Waals surface area contributed by atoms with Crippen molar-refractivity contribution in [2.45, 2.75) is 5.60 Å². The van der Waals surface area contributed by atoms with Crippen molar-refractivity contribution in [3.63, 3.8) is 0 Å². The lowest BCUT2D eigenvalue weighted by atomic mass is 9.80. The molecule has 5 heteroatoms. The molecule has 3 aromatic rings. The zero-order valence-electron chi connectivity index (χ0n) is 19.4. The minimum Gasteiger partial charge on any atom is -0.378 e. The Morgan fingerprint density at radius 1 is 0.606 bits per heavy atom. The highest BCUT2D eigenvalue weighted by Gasteiger charge is 2.34. The number of piperazine rings is 1. The van der Waals surface area contributed by atoms with Gasteiger partial charge in [0.05, 0.1) is 13.2 Å². The Balaban J connectivity index is 1.47. The first-order valence-corrected chi connectivity index (χ1v) is 11.9. The average Bonchev–Trinajstić information content (AvgIpc) is 2.90. The zero-order chi connectivity index (χ0) is 22.7. The first-order chi connectivity index (χ1) is 16.1. The summed E-state index contributed by atoms with van der Waals surface area (Å²) < 4.78 is 5.49. The van der Waals surface area contributed by atoms with Crippen molar-refractivity contribution in [2.75, 3.05) is 69.3 Å². The molecule has 2 aliphatic heterocycles. The number of likely N-dealkylation sites (N-methyl/N-ethyl adjacent to an activating group) is 1. The fraction of sp³-hybridized carbons (Fsp3) is 0.357. The molecule has 0 radical (unpaired) electrons. The van der Waals surface area contributed by atoms with E-state index >= 15 is 0 Å². The summed E-state index contributed by atoms with van der Waals surface area (Å²) in [5, 5.41) is 12.2. The number of hydrogen-bond acceptors (Lipinski definition) is 5. The minimum absolute atomic E-state index is 0.759. The fourth-order valence-corrected chi connectivity index (χ4v) is 4.89. The Bertz CT molecular complexity index is 1030. The molecule has 0 spiro atoms. The second-order valence-corrected chi connectivity index (χ2v) is 9.06. The Kier molecular flexibility index (Phi) is 6.36. The fourth-order valence-electron chi connectivity index (χ4n) is 4.89. The molecule has 1 atom stereocenters. The zero-order valence-corrected chi connectivity index (χ0v) is 19.4. The van der Waals surface area contributed by atoms with Gasteiger partial charge in [0.1, 0.15) is 5.60 Å². The van der Waals surface area contributed by atoms with E-state index in [9.17, 15) is 5.11 Å². The van der Waals surface area contributed by atoms with Gasteiger partial charge in [-0.15, -0.1) is 0 Å². The van der Waals surface area contributed by atoms with Crippen LogP contribution in [0, 0.1) is 0 Å². The Morgan fingerprint density at radius 3 is 1.58 bits per heavy atom. The molecule has 0 saturated carbocycles. The second-order valence-electron chi connectivity index (χ2n) is 9.06. The molecule has 2 saturated heterocycles. The molecule has 2 heterocycles. The van der Waals surface area contributed by atoms with E-state index in [1.54, 1.807) is 0 Å². The van der Waals surface area contributed by atoms with Gasteiger partial charge in [-0.05, 0) is 48.0 Å². The molecule has 172 valence electrons. The van der Waals surface area contributed by atoms with Gasteiger partial charge in [-0.2, -0.15) is 0 Å². The lowest BCUT2D eigenvalue weighted by Gasteiger charge is -2.35. The van der Waals surface area contributed by atoms with E-state index < -0.39 is 5.60 Å². The van der Waals surface area contributed by atoms with E-state index in [-0.39, 0.29) is 0 Å². The first kappa shape index (κ1) is 22.0. The van der Waals surface area contributed by atoms with Gasteiger partial charge in [0, 0.05) is 50.6 Å². The highest BCUT2D eigenvalue weighted by molar-refractivity contribution is 5.56. The number of ether oxygens (including phenoxy) is 1. The van der Waals surface area contributed by atoms with Gasteiger partial charge in [0.25, 0.3) is 0 Å². The Morgan fingerprint density at radius 2 is 1.06 bits per heavy atom. The molecule has 5 nitrogen and oxygen atoms in total. The van der Waals surface area contributed by atoms with Crippen LogP contribution in [0.3, 0.4) is 0 Å². The van der Waals surface area contributed by atoms with Crippen molar-refractivity contribution in [3.8, 4) is 0 Å². The van der Waals surface area contributed by atoms with Crippen LogP contribution in [0.4, 0.5) is 11.4 Å². The summed E-state index contributed by atoms with van der Waals surface area (Å²) in [6.07, 6.45) is 0. The highest BCUT2D eigenvalue weighted by atomic mass is 16.5. The number of morpholine rings is 1. The smallest absolute Gasteiger partial charge is 0.140 e. The summed E-state index contributed by atoms with van der Waals surface area (Å²) in [5.74, 6) is 0. The summed E-state index contributed by atoms with van der Waals surface area (Å²) in [4.78, 5) is 7.11. The highest BCUT2D eigenvalue weighted by Crippen LogP contribution is 2.38. The normalized spacial score (nSPS) is 19.3. The van der Waals surface area contributed by atoms with Crippen LogP contribution in [0.15, 0.2) is 78.9 Å². The predicted molar refractivity (Wildman–Crippen MR) is 134 cm³/mol. The van der Waals surface area contributed by atoms with Crippen molar-refractivity contribution in [2.24, 2.45) is 0 Å². The van der Waals surface area contributed by atoms with Crippen LogP contribution < -0.4 is 9.80 Å². The van der Waals surface area contributed by atoms with Gasteiger partial charge in [-0.1, -0.05) is 54.6 Å². The number of anilines is 2. The average molecular weight is 444 g/mol. The van der Waals surface area contributed by atoms with Crippen LogP contribution >= 0.6 is 0 Å². The third kappa shape index (κ3) is 4.49. The van der Waals surface area contributed by atoms with E-state index in [1.807, 2.05) is 30.3 Å². The molecule has 0 bridgehead atoms. The van der Waals surface area contributed by atoms with Crippen LogP contribution in [0.5, 0.6) is 0 Å². The van der Waals surface area contributed by atoms with Gasteiger partial charge >= 0.3 is 0 Å². The molecule has 0 amide bonds. The van der Waals surface area contributed by atoms with E-state index in [1.165, 1.54) is 11.4 Å². The minimum atomic E-state index is -1.22. The van der Waals surface area contributed by atoms with Crippen molar-refractivity contribution >= 4 is 11.4 Å². The molecule has 0 aromatic heterocycles. The van der Waals surface area contributed by atoms with Gasteiger partial charge in [0.2, 0.25) is 0 Å². The molecular weight excluding hydrogens is 410 g/mol. The lowest BCUT2D eigenvalue weighted by Crippen LogP contribution is -2.44. The summed E-state index contributed by atoms with van der Waals surface area (Å²) in [5.41, 5.74) is 3.79. The maximum Gasteiger partial charge on any atom is 0.140 e. The van der Waals surface area contributed by atoms with E-state index in [0.29, 0.717) is 0 Å². The lowest BCUT2D eigenvalue weighted by molar-refractivity contribution is 0.122. The SMILES string of the molecule is CN1CCN(c2ccc(C(O)(c3ccccc3)c3ccc(N4CCOCC4)cc3)cc2)CC1. The summed E-state index contributed by atoms with van der Waals surface area (Å²) >= 11 is 0. The molecule has 0 aliphatic carbocycles. The maximum atomic E-state index is 12.2. The molecular formula is C28H33N3O2. The van der Waals surface area contributed by atoms with Crippen LogP contribution in [0.25, 0.3) is 0 Å². The van der Waals surface area contributed by atoms with Crippen LogP contribution in [-0.2, 0) is 10.3 Å². The largest absolute Gasteiger partial charge is 0.378 e. The van der Waals surface area contributed by atoms with Crippen LogP contribution in [-0.4, -0.2) is 69.5 Å². The van der Waals surface area contributed by atoms with Gasteiger partial charge in [-0.3, -0.25) is 0 Å². The van der Waals surface area contributed by atoms with Crippen molar-refractivity contribution in [3.05, 3.63) is 95.6 Å². The topological polar surface area (TPSA) is 39.2 Å². The molecule has 5 rings (SSSR count). The summed E-state index contributed by atoms with van der Waals surface area (Å²) in [7, 11) is 2.17. The predicted octanol–water partition coefficient (Wildman–Crippen LogP) is 3.56. The second kappa shape index (κ2) is 9.56. The molecule has 2 fully saturated rings. The monoisotopic (exact) mass is 443 g/mol. The molecule has 2 aliphatic rings. The van der Waals surface area contributed by atoms with Crippen LogP contribution in [0.1, 0.15) is 16.7 Å². The van der Waals surface area contributed by atoms with Crippen molar-refractivity contribution < 1.29 is 9.84 Å². The first-order valence-electron chi connectivity index (χ1n) is 11.9. The standard InChI is InChI=1S/C28H33N3O2/c1-29-15-17-30(18-16-29)26-11-7-24(8-12-26)28(32,23-5-3-2-4-6-23)25-9-13-27(14-10-25)31-19-21-33-22-20-31/h2-14,32H,15-22H2,1H3. The van der Waals surface area contributed by atoms with Gasteiger partial charge in [-0.25, -0.2) is 0 Å². The Hall–Kier alpha value is -2.86. The number of rotatable bonds is 5. The van der Waals surface area contributed by atoms with E-state index in [0.717, 1.165) is 69.2 Å². The maximum absolute atomic E-state index is 12.2. The molecule has 33 heavy (non-hydrogen) atoms. The Labute approximate surface area is 196 Å². The third-order valence-corrected chi connectivity index (χ3v) is 7.01. The number of hydrogen-bond donors (Lipinski definition) is 1. The quantitative estimate of drug-likeness (QED) is 0.611. The molecule has 1 N–H and O–H groups in total.